The van der Waals surface area contributed by atoms with Crippen molar-refractivity contribution in [2.75, 3.05) is 57.8 Å². The predicted molar refractivity (Wildman–Crippen MR) is 141 cm³/mol. The highest BCUT2D eigenvalue weighted by Crippen LogP contribution is 2.16. The molecule has 1 aromatic heterocycles. The van der Waals surface area contributed by atoms with E-state index < -0.39 is 0 Å². The van der Waals surface area contributed by atoms with E-state index in [1.807, 2.05) is 13.2 Å². The van der Waals surface area contributed by atoms with Crippen molar-refractivity contribution in [3.8, 4) is 0 Å². The van der Waals surface area contributed by atoms with Crippen LogP contribution in [0.15, 0.2) is 53.7 Å². The first-order chi connectivity index (χ1) is 15.2. The van der Waals surface area contributed by atoms with Gasteiger partial charge in [-0.05, 0) is 30.2 Å². The monoisotopic (exact) mass is 550 g/mol. The van der Waals surface area contributed by atoms with E-state index >= 15 is 0 Å². The molecule has 1 unspecified atom stereocenters. The second-order valence-corrected chi connectivity index (χ2v) is 8.30. The Morgan fingerprint density at radius 1 is 1.09 bits per heavy atom. The van der Waals surface area contributed by atoms with Gasteiger partial charge in [0.15, 0.2) is 5.96 Å². The van der Waals surface area contributed by atoms with Crippen molar-refractivity contribution >= 4 is 35.8 Å². The third-order valence-electron chi connectivity index (χ3n) is 5.96. The number of pyridine rings is 1. The molecule has 174 valence electrons. The Kier molecular flexibility index (Phi) is 9.55. The number of ether oxygens (including phenoxy) is 1. The number of hydrogen-bond donors (Lipinski definition) is 1. The average molecular weight is 550 g/mol. The number of aliphatic imine (C=N–C) groups is 1. The van der Waals surface area contributed by atoms with Gasteiger partial charge in [0.05, 0.1) is 12.7 Å². The van der Waals surface area contributed by atoms with Crippen LogP contribution in [0.1, 0.15) is 18.1 Å². The minimum Gasteiger partial charge on any atom is -0.375 e. The molecule has 2 aliphatic rings. The molecule has 32 heavy (non-hydrogen) atoms. The Morgan fingerprint density at radius 3 is 2.59 bits per heavy atom. The molecule has 1 aromatic carbocycles. The Labute approximate surface area is 208 Å². The normalized spacial score (nSPS) is 20.1. The molecule has 0 radical (unpaired) electrons. The lowest BCUT2D eigenvalue weighted by Gasteiger charge is -2.36. The van der Waals surface area contributed by atoms with E-state index in [1.165, 1.54) is 11.1 Å². The summed E-state index contributed by atoms with van der Waals surface area (Å²) in [5.74, 6) is 2.00. The first-order valence-electron chi connectivity index (χ1n) is 11.2. The first kappa shape index (κ1) is 24.7. The van der Waals surface area contributed by atoms with E-state index in [4.69, 9.17) is 4.74 Å². The number of benzene rings is 1. The molecular weight excluding hydrogens is 515 g/mol. The lowest BCUT2D eigenvalue weighted by Crippen LogP contribution is -2.52. The summed E-state index contributed by atoms with van der Waals surface area (Å²) in [6.07, 6.45) is 2.15. The number of guanidine groups is 1. The van der Waals surface area contributed by atoms with Crippen molar-refractivity contribution in [1.82, 2.24) is 20.1 Å². The Balaban J connectivity index is 0.00000289. The molecule has 1 N–H and O–H groups in total. The zero-order chi connectivity index (χ0) is 21.5. The highest BCUT2D eigenvalue weighted by atomic mass is 127. The lowest BCUT2D eigenvalue weighted by atomic mass is 10.2. The second kappa shape index (κ2) is 12.4. The number of anilines is 1. The molecule has 2 aromatic rings. The number of rotatable bonds is 5. The Morgan fingerprint density at radius 2 is 1.88 bits per heavy atom. The smallest absolute Gasteiger partial charge is 0.194 e. The van der Waals surface area contributed by atoms with Gasteiger partial charge in [0.25, 0.3) is 0 Å². The zero-order valence-electron chi connectivity index (χ0n) is 19.1. The SMILES string of the molecule is CN=C(NCc1ccnc(N2CCOC(C)C2)c1)N1CCN(Cc2ccccc2)CC1.I. The van der Waals surface area contributed by atoms with E-state index in [0.717, 1.165) is 70.7 Å². The van der Waals surface area contributed by atoms with Gasteiger partial charge in [-0.1, -0.05) is 30.3 Å². The maximum atomic E-state index is 5.65. The molecule has 0 aliphatic carbocycles. The second-order valence-electron chi connectivity index (χ2n) is 8.30. The van der Waals surface area contributed by atoms with Crippen molar-refractivity contribution in [2.45, 2.75) is 26.1 Å². The van der Waals surface area contributed by atoms with Crippen molar-refractivity contribution in [2.24, 2.45) is 4.99 Å². The summed E-state index contributed by atoms with van der Waals surface area (Å²) in [5, 5.41) is 3.55. The number of morpholine rings is 1. The van der Waals surface area contributed by atoms with Gasteiger partial charge < -0.3 is 19.9 Å². The van der Waals surface area contributed by atoms with Crippen LogP contribution in [-0.2, 0) is 17.8 Å². The van der Waals surface area contributed by atoms with E-state index in [9.17, 15) is 0 Å². The molecule has 8 heteroatoms. The van der Waals surface area contributed by atoms with Gasteiger partial charge in [-0.15, -0.1) is 24.0 Å². The number of nitrogens with zero attached hydrogens (tertiary/aromatic N) is 5. The molecule has 0 spiro atoms. The number of piperazine rings is 1. The molecule has 0 bridgehead atoms. The molecule has 7 nitrogen and oxygen atoms in total. The van der Waals surface area contributed by atoms with Crippen LogP contribution >= 0.6 is 24.0 Å². The topological polar surface area (TPSA) is 56.2 Å². The molecular formula is C24H35IN6O. The summed E-state index contributed by atoms with van der Waals surface area (Å²) >= 11 is 0. The molecule has 4 rings (SSSR count). The summed E-state index contributed by atoms with van der Waals surface area (Å²) in [5.41, 5.74) is 2.59. The van der Waals surface area contributed by atoms with Gasteiger partial charge in [0.2, 0.25) is 0 Å². The fourth-order valence-corrected chi connectivity index (χ4v) is 4.24. The number of nitrogens with one attached hydrogen (secondary N) is 1. The van der Waals surface area contributed by atoms with Crippen LogP contribution in [0.5, 0.6) is 0 Å². The minimum atomic E-state index is 0. The van der Waals surface area contributed by atoms with Gasteiger partial charge in [-0.2, -0.15) is 0 Å². The molecule has 0 saturated carbocycles. The average Bonchev–Trinajstić information content (AvgIpc) is 2.81. The third-order valence-corrected chi connectivity index (χ3v) is 5.96. The van der Waals surface area contributed by atoms with Crippen molar-refractivity contribution in [1.29, 1.82) is 0 Å². The molecule has 0 amide bonds. The standard InChI is InChI=1S/C24H34N6O.HI/c1-20-18-30(14-15-31-20)23-16-22(8-9-26-23)17-27-24(25-2)29-12-10-28(11-13-29)19-21-6-4-3-5-7-21;/h3-9,16,20H,10-15,17-19H2,1-2H3,(H,25,27);1H. The number of hydrogen-bond acceptors (Lipinski definition) is 5. The Hall–Kier alpha value is -1.91. The van der Waals surface area contributed by atoms with Gasteiger partial charge in [-0.25, -0.2) is 4.98 Å². The van der Waals surface area contributed by atoms with E-state index in [0.29, 0.717) is 0 Å². The maximum Gasteiger partial charge on any atom is 0.194 e. The molecule has 2 aliphatic heterocycles. The van der Waals surface area contributed by atoms with Crippen LogP contribution in [0.2, 0.25) is 0 Å². The van der Waals surface area contributed by atoms with Gasteiger partial charge in [-0.3, -0.25) is 9.89 Å². The van der Waals surface area contributed by atoms with Crippen molar-refractivity contribution < 1.29 is 4.74 Å². The van der Waals surface area contributed by atoms with Crippen LogP contribution in [0.4, 0.5) is 5.82 Å². The first-order valence-corrected chi connectivity index (χ1v) is 11.2. The number of halogens is 1. The number of aromatic nitrogens is 1. The maximum absolute atomic E-state index is 5.65. The molecule has 2 fully saturated rings. The van der Waals surface area contributed by atoms with Crippen molar-refractivity contribution in [3.05, 3.63) is 59.8 Å². The van der Waals surface area contributed by atoms with Gasteiger partial charge in [0.1, 0.15) is 5.82 Å². The molecule has 2 saturated heterocycles. The van der Waals surface area contributed by atoms with Crippen LogP contribution in [0.25, 0.3) is 0 Å². The summed E-state index contributed by atoms with van der Waals surface area (Å²) in [6.45, 7) is 10.5. The summed E-state index contributed by atoms with van der Waals surface area (Å²) in [7, 11) is 1.87. The Bertz CT molecular complexity index is 857. The molecule has 1 atom stereocenters. The van der Waals surface area contributed by atoms with E-state index in [-0.39, 0.29) is 30.1 Å². The third kappa shape index (κ3) is 6.79. The van der Waals surface area contributed by atoms with Crippen LogP contribution in [0, 0.1) is 0 Å². The van der Waals surface area contributed by atoms with Gasteiger partial charge >= 0.3 is 0 Å². The van der Waals surface area contributed by atoms with Crippen LogP contribution < -0.4 is 10.2 Å². The van der Waals surface area contributed by atoms with E-state index in [2.05, 4.69) is 79.4 Å². The van der Waals surface area contributed by atoms with Gasteiger partial charge in [0, 0.05) is 65.6 Å². The molecule has 3 heterocycles. The predicted octanol–water partition coefficient (Wildman–Crippen LogP) is 2.82. The fraction of sp³-hybridized carbons (Fsp3) is 0.500. The highest BCUT2D eigenvalue weighted by molar-refractivity contribution is 14.0. The summed E-state index contributed by atoms with van der Waals surface area (Å²) in [6, 6.07) is 15.0. The fourth-order valence-electron chi connectivity index (χ4n) is 4.24. The van der Waals surface area contributed by atoms with Crippen LogP contribution in [0.3, 0.4) is 0 Å². The van der Waals surface area contributed by atoms with E-state index in [1.54, 1.807) is 0 Å². The quantitative estimate of drug-likeness (QED) is 0.351. The summed E-state index contributed by atoms with van der Waals surface area (Å²) < 4.78 is 5.65. The van der Waals surface area contributed by atoms with Crippen molar-refractivity contribution in [3.63, 3.8) is 0 Å². The van der Waals surface area contributed by atoms with Crippen LogP contribution in [-0.4, -0.2) is 79.8 Å². The highest BCUT2D eigenvalue weighted by Gasteiger charge is 2.20. The minimum absolute atomic E-state index is 0. The largest absolute Gasteiger partial charge is 0.375 e. The lowest BCUT2D eigenvalue weighted by molar-refractivity contribution is 0.0529. The zero-order valence-corrected chi connectivity index (χ0v) is 21.4. The summed E-state index contributed by atoms with van der Waals surface area (Å²) in [4.78, 5) is 16.3.